The van der Waals surface area contributed by atoms with Gasteiger partial charge in [0.2, 0.25) is 0 Å². The maximum absolute atomic E-state index is 12.6. The first kappa shape index (κ1) is 20.3. The number of hydrogen-bond acceptors (Lipinski definition) is 6. The fourth-order valence-electron chi connectivity index (χ4n) is 2.98. The van der Waals surface area contributed by atoms with Crippen LogP contribution in [0.15, 0.2) is 71.8 Å². The molecule has 9 nitrogen and oxygen atoms in total. The number of aromatic nitrogens is 4. The van der Waals surface area contributed by atoms with Gasteiger partial charge in [-0.1, -0.05) is 12.1 Å². The molecule has 4 rings (SSSR count). The molecule has 0 bridgehead atoms. The van der Waals surface area contributed by atoms with Crippen LogP contribution in [0.25, 0.3) is 5.65 Å². The van der Waals surface area contributed by atoms with Crippen molar-refractivity contribution < 1.29 is 14.3 Å². The summed E-state index contributed by atoms with van der Waals surface area (Å²) in [5.41, 5.74) is 2.03. The zero-order valence-corrected chi connectivity index (χ0v) is 16.9. The molecule has 0 saturated carbocycles. The van der Waals surface area contributed by atoms with Gasteiger partial charge < -0.3 is 19.2 Å². The SMILES string of the molecule is COCCn1nc(C(=O)Nc2cccc(OCc3cn4ccccc4n3)c2)ccc1=O. The van der Waals surface area contributed by atoms with Gasteiger partial charge >= 0.3 is 0 Å². The molecule has 0 aliphatic heterocycles. The van der Waals surface area contributed by atoms with Crippen molar-refractivity contribution in [3.63, 3.8) is 0 Å². The van der Waals surface area contributed by atoms with Crippen molar-refractivity contribution in [3.05, 3.63) is 88.7 Å². The minimum absolute atomic E-state index is 0.131. The molecule has 31 heavy (non-hydrogen) atoms. The van der Waals surface area contributed by atoms with Crippen LogP contribution in [-0.4, -0.2) is 38.8 Å². The summed E-state index contributed by atoms with van der Waals surface area (Å²) in [6.45, 7) is 0.887. The van der Waals surface area contributed by atoms with Crippen LogP contribution < -0.4 is 15.6 Å². The van der Waals surface area contributed by atoms with E-state index in [0.717, 1.165) is 11.3 Å². The molecule has 0 unspecified atom stereocenters. The number of pyridine rings is 1. The van der Waals surface area contributed by atoms with E-state index in [1.54, 1.807) is 24.3 Å². The third-order valence-corrected chi connectivity index (χ3v) is 4.50. The number of nitrogens with zero attached hydrogens (tertiary/aromatic N) is 4. The molecule has 1 aromatic carbocycles. The van der Waals surface area contributed by atoms with Crippen LogP contribution in [0.4, 0.5) is 5.69 Å². The average molecular weight is 419 g/mol. The minimum atomic E-state index is -0.427. The van der Waals surface area contributed by atoms with Crippen LogP contribution in [0.1, 0.15) is 16.2 Å². The quantitative estimate of drug-likeness (QED) is 0.471. The number of amides is 1. The van der Waals surface area contributed by atoms with Gasteiger partial charge in [-0.3, -0.25) is 9.59 Å². The van der Waals surface area contributed by atoms with Gasteiger partial charge in [-0.15, -0.1) is 0 Å². The van der Waals surface area contributed by atoms with Crippen molar-refractivity contribution >= 4 is 17.2 Å². The van der Waals surface area contributed by atoms with Crippen molar-refractivity contribution in [2.24, 2.45) is 0 Å². The highest BCUT2D eigenvalue weighted by Gasteiger charge is 2.11. The van der Waals surface area contributed by atoms with Crippen LogP contribution in [0.3, 0.4) is 0 Å². The lowest BCUT2D eigenvalue weighted by Crippen LogP contribution is -2.27. The second-order valence-electron chi connectivity index (χ2n) is 6.74. The van der Waals surface area contributed by atoms with Crippen molar-refractivity contribution in [2.45, 2.75) is 13.2 Å². The van der Waals surface area contributed by atoms with Crippen LogP contribution >= 0.6 is 0 Å². The summed E-state index contributed by atoms with van der Waals surface area (Å²) in [5, 5.41) is 6.87. The average Bonchev–Trinajstić information content (AvgIpc) is 3.20. The number of nitrogens with one attached hydrogen (secondary N) is 1. The van der Waals surface area contributed by atoms with E-state index in [4.69, 9.17) is 9.47 Å². The van der Waals surface area contributed by atoms with E-state index < -0.39 is 5.91 Å². The first-order valence-corrected chi connectivity index (χ1v) is 9.66. The monoisotopic (exact) mass is 419 g/mol. The van der Waals surface area contributed by atoms with Gasteiger partial charge in [0, 0.05) is 37.3 Å². The Bertz CT molecular complexity index is 1230. The molecule has 0 spiro atoms. The summed E-state index contributed by atoms with van der Waals surface area (Å²) in [5.74, 6) is 0.163. The lowest BCUT2D eigenvalue weighted by Gasteiger charge is -2.09. The van der Waals surface area contributed by atoms with E-state index in [2.05, 4.69) is 15.4 Å². The van der Waals surface area contributed by atoms with Gasteiger partial charge in [0.1, 0.15) is 23.7 Å². The summed E-state index contributed by atoms with van der Waals surface area (Å²) >= 11 is 0. The molecule has 1 amide bonds. The lowest BCUT2D eigenvalue weighted by atomic mass is 10.3. The highest BCUT2D eigenvalue weighted by atomic mass is 16.5. The number of imidazole rings is 1. The number of anilines is 1. The van der Waals surface area contributed by atoms with Gasteiger partial charge in [-0.2, -0.15) is 5.10 Å². The number of benzene rings is 1. The fraction of sp³-hybridized carbons (Fsp3) is 0.182. The van der Waals surface area contributed by atoms with Gasteiger partial charge in [-0.25, -0.2) is 9.67 Å². The van der Waals surface area contributed by atoms with Crippen molar-refractivity contribution in [1.29, 1.82) is 0 Å². The lowest BCUT2D eigenvalue weighted by molar-refractivity contribution is 0.101. The maximum atomic E-state index is 12.6. The number of ether oxygens (including phenoxy) is 2. The van der Waals surface area contributed by atoms with Crippen molar-refractivity contribution in [2.75, 3.05) is 19.0 Å². The summed E-state index contributed by atoms with van der Waals surface area (Å²) in [6.07, 6.45) is 3.83. The molecule has 158 valence electrons. The van der Waals surface area contributed by atoms with Crippen LogP contribution in [0, 0.1) is 0 Å². The number of fused-ring (bicyclic) bond motifs is 1. The number of methoxy groups -OCH3 is 1. The molecule has 0 saturated heterocycles. The maximum Gasteiger partial charge on any atom is 0.276 e. The number of hydrogen-bond donors (Lipinski definition) is 1. The Morgan fingerprint density at radius 3 is 2.87 bits per heavy atom. The Labute approximate surface area is 177 Å². The Morgan fingerprint density at radius 1 is 1.13 bits per heavy atom. The molecule has 0 aliphatic carbocycles. The van der Waals surface area contributed by atoms with Gasteiger partial charge in [0.05, 0.1) is 18.8 Å². The molecule has 0 aliphatic rings. The highest BCUT2D eigenvalue weighted by molar-refractivity contribution is 6.02. The second kappa shape index (κ2) is 9.23. The first-order chi connectivity index (χ1) is 15.1. The highest BCUT2D eigenvalue weighted by Crippen LogP contribution is 2.19. The minimum Gasteiger partial charge on any atom is -0.487 e. The molecule has 9 heteroatoms. The Morgan fingerprint density at radius 2 is 2.03 bits per heavy atom. The largest absolute Gasteiger partial charge is 0.487 e. The Balaban J connectivity index is 1.42. The van der Waals surface area contributed by atoms with E-state index in [1.807, 2.05) is 35.0 Å². The fourth-order valence-corrected chi connectivity index (χ4v) is 2.98. The van der Waals surface area contributed by atoms with E-state index in [9.17, 15) is 9.59 Å². The molecular formula is C22H21N5O4. The van der Waals surface area contributed by atoms with E-state index >= 15 is 0 Å². The van der Waals surface area contributed by atoms with Gasteiger partial charge in [0.15, 0.2) is 0 Å². The predicted molar refractivity (Wildman–Crippen MR) is 114 cm³/mol. The third kappa shape index (κ3) is 4.96. The standard InChI is InChI=1S/C22H21N5O4/c1-30-12-11-27-21(28)9-8-19(25-27)22(29)24-16-5-4-6-18(13-16)31-15-17-14-26-10-3-2-7-20(26)23-17/h2-10,13-14H,11-12,15H2,1H3,(H,24,29). The second-order valence-corrected chi connectivity index (χ2v) is 6.74. The van der Waals surface area contributed by atoms with Crippen molar-refractivity contribution in [1.82, 2.24) is 19.2 Å². The zero-order chi connectivity index (χ0) is 21.6. The summed E-state index contributed by atoms with van der Waals surface area (Å²) in [6, 6.07) is 15.5. The van der Waals surface area contributed by atoms with E-state index in [1.165, 1.54) is 23.9 Å². The molecule has 3 heterocycles. The topological polar surface area (TPSA) is 99.8 Å². The zero-order valence-electron chi connectivity index (χ0n) is 16.9. The molecular weight excluding hydrogens is 398 g/mol. The smallest absolute Gasteiger partial charge is 0.276 e. The Hall–Kier alpha value is -3.98. The molecule has 0 fully saturated rings. The summed E-state index contributed by atoms with van der Waals surface area (Å²) in [4.78, 5) is 28.9. The third-order valence-electron chi connectivity index (χ3n) is 4.50. The van der Waals surface area contributed by atoms with Crippen LogP contribution in [-0.2, 0) is 17.9 Å². The van der Waals surface area contributed by atoms with Crippen molar-refractivity contribution in [3.8, 4) is 5.75 Å². The van der Waals surface area contributed by atoms with E-state index in [0.29, 0.717) is 24.7 Å². The molecule has 0 atom stereocenters. The normalized spacial score (nSPS) is 10.9. The number of rotatable bonds is 8. The number of carbonyl (C=O) groups excluding carboxylic acids is 1. The number of carbonyl (C=O) groups is 1. The van der Waals surface area contributed by atoms with Gasteiger partial charge in [-0.05, 0) is 30.3 Å². The molecule has 0 radical (unpaired) electrons. The Kier molecular flexibility index (Phi) is 6.04. The van der Waals surface area contributed by atoms with Crippen LogP contribution in [0.5, 0.6) is 5.75 Å². The van der Waals surface area contributed by atoms with Crippen LogP contribution in [0.2, 0.25) is 0 Å². The molecule has 4 aromatic rings. The first-order valence-electron chi connectivity index (χ1n) is 9.66. The predicted octanol–water partition coefficient (Wildman–Crippen LogP) is 2.37. The molecule has 3 aromatic heterocycles. The summed E-state index contributed by atoms with van der Waals surface area (Å²) < 4.78 is 13.9. The summed E-state index contributed by atoms with van der Waals surface area (Å²) in [7, 11) is 1.53. The van der Waals surface area contributed by atoms with E-state index in [-0.39, 0.29) is 17.8 Å². The van der Waals surface area contributed by atoms with Gasteiger partial charge in [0.25, 0.3) is 11.5 Å². The molecule has 1 N–H and O–H groups in total.